The van der Waals surface area contributed by atoms with Gasteiger partial charge in [-0.05, 0) is 23.8 Å². The first kappa shape index (κ1) is 16.1. The summed E-state index contributed by atoms with van der Waals surface area (Å²) >= 11 is 6.13. The minimum Gasteiger partial charge on any atom is -0.497 e. The summed E-state index contributed by atoms with van der Waals surface area (Å²) in [5.41, 5.74) is 1.37. The van der Waals surface area contributed by atoms with E-state index in [4.69, 9.17) is 16.3 Å². The number of nitrogens with one attached hydrogen (secondary N) is 1. The van der Waals surface area contributed by atoms with Crippen LogP contribution in [0.4, 0.5) is 5.82 Å². The first-order valence-corrected chi connectivity index (χ1v) is 7.76. The first-order valence-electron chi connectivity index (χ1n) is 7.38. The molecule has 122 valence electrons. The maximum Gasteiger partial charge on any atom is 0.297 e. The molecule has 1 N–H and O–H groups in total. The van der Waals surface area contributed by atoms with E-state index in [9.17, 15) is 4.79 Å². The van der Waals surface area contributed by atoms with Gasteiger partial charge in [0.25, 0.3) is 5.56 Å². The predicted molar refractivity (Wildman–Crippen MR) is 95.2 cm³/mol. The van der Waals surface area contributed by atoms with E-state index in [2.05, 4.69) is 10.3 Å². The lowest BCUT2D eigenvalue weighted by molar-refractivity contribution is 0.414. The summed E-state index contributed by atoms with van der Waals surface area (Å²) in [7, 11) is 1.59. The lowest BCUT2D eigenvalue weighted by atomic mass is 10.2. The number of hydrogen-bond donors (Lipinski definition) is 1. The van der Waals surface area contributed by atoms with Crippen molar-refractivity contribution in [2.75, 3.05) is 12.4 Å². The number of anilines is 1. The topological polar surface area (TPSA) is 56.1 Å². The Labute approximate surface area is 144 Å². The molecule has 0 amide bonds. The van der Waals surface area contributed by atoms with Crippen LogP contribution in [0.5, 0.6) is 5.75 Å². The van der Waals surface area contributed by atoms with Gasteiger partial charge in [0.2, 0.25) is 0 Å². The van der Waals surface area contributed by atoms with Crippen LogP contribution in [0.3, 0.4) is 0 Å². The number of aromatic nitrogens is 2. The van der Waals surface area contributed by atoms with Crippen molar-refractivity contribution in [3.63, 3.8) is 0 Å². The molecule has 1 aromatic heterocycles. The molecule has 0 aliphatic rings. The van der Waals surface area contributed by atoms with E-state index in [1.165, 1.54) is 4.57 Å². The van der Waals surface area contributed by atoms with Gasteiger partial charge in [-0.25, -0.2) is 4.98 Å². The molecule has 1 heterocycles. The Bertz CT molecular complexity index is 909. The number of benzene rings is 2. The molecule has 0 bridgehead atoms. The molecule has 0 atom stereocenters. The molecule has 0 saturated heterocycles. The maximum atomic E-state index is 12.6. The van der Waals surface area contributed by atoms with Crippen molar-refractivity contribution < 1.29 is 4.74 Å². The second-order valence-corrected chi connectivity index (χ2v) is 5.50. The molecule has 0 fully saturated rings. The van der Waals surface area contributed by atoms with Crippen LogP contribution in [-0.2, 0) is 6.54 Å². The second-order valence-electron chi connectivity index (χ2n) is 5.10. The lowest BCUT2D eigenvalue weighted by Crippen LogP contribution is -2.23. The molecule has 0 unspecified atom stereocenters. The van der Waals surface area contributed by atoms with Crippen molar-refractivity contribution in [3.05, 3.63) is 81.9 Å². The number of hydrogen-bond acceptors (Lipinski definition) is 4. The zero-order chi connectivity index (χ0) is 16.9. The first-order chi connectivity index (χ1) is 11.7. The highest BCUT2D eigenvalue weighted by Crippen LogP contribution is 2.17. The Balaban J connectivity index is 1.88. The molecular weight excluding hydrogens is 326 g/mol. The normalized spacial score (nSPS) is 10.4. The summed E-state index contributed by atoms with van der Waals surface area (Å²) in [6.07, 6.45) is 3.20. The summed E-state index contributed by atoms with van der Waals surface area (Å²) in [6, 6.07) is 14.8. The Hall–Kier alpha value is -2.79. The zero-order valence-corrected chi connectivity index (χ0v) is 13.8. The Morgan fingerprint density at radius 2 is 2.04 bits per heavy atom. The third-order valence-electron chi connectivity index (χ3n) is 3.58. The monoisotopic (exact) mass is 341 g/mol. The Morgan fingerprint density at radius 1 is 1.21 bits per heavy atom. The molecule has 0 aliphatic heterocycles. The Kier molecular flexibility index (Phi) is 4.82. The summed E-state index contributed by atoms with van der Waals surface area (Å²) < 4.78 is 6.72. The fourth-order valence-electron chi connectivity index (χ4n) is 2.32. The minimum absolute atomic E-state index is 0.238. The fraction of sp³-hybridized carbons (Fsp3) is 0.111. The number of rotatable bonds is 5. The summed E-state index contributed by atoms with van der Waals surface area (Å²) in [4.78, 5) is 16.8. The van der Waals surface area contributed by atoms with Gasteiger partial charge in [-0.2, -0.15) is 0 Å². The largest absolute Gasteiger partial charge is 0.497 e. The van der Waals surface area contributed by atoms with Crippen LogP contribution in [0.2, 0.25) is 5.02 Å². The second kappa shape index (κ2) is 7.19. The van der Waals surface area contributed by atoms with Crippen LogP contribution in [0, 0.1) is 0 Å². The van der Waals surface area contributed by atoms with Crippen molar-refractivity contribution in [2.45, 2.75) is 6.54 Å². The predicted octanol–water partition coefficient (Wildman–Crippen LogP) is 3.51. The molecular formula is C18H16ClN3O2. The van der Waals surface area contributed by atoms with E-state index >= 15 is 0 Å². The summed E-state index contributed by atoms with van der Waals surface area (Å²) in [5.74, 6) is 0.946. The van der Waals surface area contributed by atoms with Gasteiger partial charge in [-0.15, -0.1) is 0 Å². The molecule has 6 heteroatoms. The number of nitrogens with zero attached hydrogens (tertiary/aromatic N) is 2. The van der Waals surface area contributed by atoms with Crippen LogP contribution < -0.4 is 15.6 Å². The summed E-state index contributed by atoms with van der Waals surface area (Å²) in [6.45, 7) is 0.421. The molecule has 0 radical (unpaired) electrons. The zero-order valence-electron chi connectivity index (χ0n) is 13.1. The van der Waals surface area contributed by atoms with Gasteiger partial charge in [-0.1, -0.05) is 35.9 Å². The van der Waals surface area contributed by atoms with Crippen LogP contribution >= 0.6 is 11.6 Å². The fourth-order valence-corrected chi connectivity index (χ4v) is 2.52. The van der Waals surface area contributed by atoms with E-state index < -0.39 is 0 Å². The van der Waals surface area contributed by atoms with Gasteiger partial charge in [0, 0.05) is 30.0 Å². The van der Waals surface area contributed by atoms with Crippen LogP contribution in [0.1, 0.15) is 5.56 Å². The van der Waals surface area contributed by atoms with Gasteiger partial charge in [0.1, 0.15) is 5.75 Å². The van der Waals surface area contributed by atoms with E-state index in [1.807, 2.05) is 42.5 Å². The molecule has 0 aliphatic carbocycles. The van der Waals surface area contributed by atoms with Gasteiger partial charge < -0.3 is 10.1 Å². The van der Waals surface area contributed by atoms with Gasteiger partial charge >= 0.3 is 0 Å². The average molecular weight is 342 g/mol. The van der Waals surface area contributed by atoms with Gasteiger partial charge in [0.15, 0.2) is 5.82 Å². The van der Waals surface area contributed by atoms with Crippen LogP contribution in [0.25, 0.3) is 5.69 Å². The standard InChI is InChI=1S/C18H16ClN3O2/c1-24-15-7-4-6-14(11-15)22-10-9-20-17(18(22)23)21-12-13-5-2-3-8-16(13)19/h2-11H,12H2,1H3,(H,20,21). The molecule has 3 aromatic rings. The van der Waals surface area contributed by atoms with Gasteiger partial charge in [0.05, 0.1) is 12.8 Å². The SMILES string of the molecule is COc1cccc(-n2ccnc(NCc3ccccc3Cl)c2=O)c1. The van der Waals surface area contributed by atoms with Crippen LogP contribution in [0.15, 0.2) is 65.7 Å². The smallest absolute Gasteiger partial charge is 0.297 e. The highest BCUT2D eigenvalue weighted by Gasteiger charge is 2.08. The van der Waals surface area contributed by atoms with E-state index in [-0.39, 0.29) is 11.4 Å². The number of halogens is 1. The average Bonchev–Trinajstić information content (AvgIpc) is 2.62. The van der Waals surface area contributed by atoms with Crippen molar-refractivity contribution in [3.8, 4) is 11.4 Å². The highest BCUT2D eigenvalue weighted by molar-refractivity contribution is 6.31. The van der Waals surface area contributed by atoms with Gasteiger partial charge in [-0.3, -0.25) is 9.36 Å². The van der Waals surface area contributed by atoms with Crippen molar-refractivity contribution in [2.24, 2.45) is 0 Å². The quantitative estimate of drug-likeness (QED) is 0.771. The van der Waals surface area contributed by atoms with E-state index in [0.717, 1.165) is 5.56 Å². The molecule has 0 spiro atoms. The number of ether oxygens (including phenoxy) is 1. The molecule has 2 aromatic carbocycles. The third-order valence-corrected chi connectivity index (χ3v) is 3.95. The minimum atomic E-state index is -0.238. The molecule has 0 saturated carbocycles. The Morgan fingerprint density at radius 3 is 2.83 bits per heavy atom. The van der Waals surface area contributed by atoms with Crippen molar-refractivity contribution in [1.82, 2.24) is 9.55 Å². The molecule has 3 rings (SSSR count). The molecule has 5 nitrogen and oxygen atoms in total. The van der Waals surface area contributed by atoms with E-state index in [1.54, 1.807) is 25.6 Å². The van der Waals surface area contributed by atoms with E-state index in [0.29, 0.717) is 23.0 Å². The third kappa shape index (κ3) is 3.41. The van der Waals surface area contributed by atoms with Crippen molar-refractivity contribution in [1.29, 1.82) is 0 Å². The maximum absolute atomic E-state index is 12.6. The highest BCUT2D eigenvalue weighted by atomic mass is 35.5. The summed E-state index contributed by atoms with van der Waals surface area (Å²) in [5, 5.41) is 3.70. The molecule has 24 heavy (non-hydrogen) atoms. The van der Waals surface area contributed by atoms with Crippen molar-refractivity contribution >= 4 is 17.4 Å². The lowest BCUT2D eigenvalue weighted by Gasteiger charge is -2.10. The number of methoxy groups -OCH3 is 1. The van der Waals surface area contributed by atoms with Crippen LogP contribution in [-0.4, -0.2) is 16.7 Å².